The first-order valence-electron chi connectivity index (χ1n) is 5.44. The monoisotopic (exact) mass is 270 g/mol. The van der Waals surface area contributed by atoms with E-state index in [0.717, 1.165) is 6.42 Å². The van der Waals surface area contributed by atoms with Gasteiger partial charge in [-0.05, 0) is 42.9 Å². The molecule has 0 radical (unpaired) electrons. The number of nitrogens with zero attached hydrogens (tertiary/aromatic N) is 1. The van der Waals surface area contributed by atoms with Crippen molar-refractivity contribution in [3.05, 3.63) is 23.9 Å². The molecule has 1 unspecified atom stereocenters. The SMILES string of the molecule is CC(C)C(Br)CCCc1ccnc(N)c1. The largest absolute Gasteiger partial charge is 0.384 e. The number of hydrogen-bond acceptors (Lipinski definition) is 2. The third-order valence-electron chi connectivity index (χ3n) is 2.51. The lowest BCUT2D eigenvalue weighted by Gasteiger charge is -2.13. The maximum absolute atomic E-state index is 5.62. The molecular weight excluding hydrogens is 252 g/mol. The average molecular weight is 271 g/mol. The predicted molar refractivity (Wildman–Crippen MR) is 69.1 cm³/mol. The van der Waals surface area contributed by atoms with Crippen molar-refractivity contribution in [2.75, 3.05) is 5.73 Å². The highest BCUT2D eigenvalue weighted by molar-refractivity contribution is 9.09. The zero-order valence-electron chi connectivity index (χ0n) is 9.41. The lowest BCUT2D eigenvalue weighted by molar-refractivity contribution is 0.562. The first kappa shape index (κ1) is 12.5. The molecule has 3 heteroatoms. The van der Waals surface area contributed by atoms with Crippen LogP contribution in [0.25, 0.3) is 0 Å². The summed E-state index contributed by atoms with van der Waals surface area (Å²) in [5.41, 5.74) is 6.90. The Morgan fingerprint density at radius 3 is 2.80 bits per heavy atom. The fourth-order valence-corrected chi connectivity index (χ4v) is 1.81. The molecule has 0 aliphatic heterocycles. The number of halogens is 1. The second-order valence-corrected chi connectivity index (χ2v) is 5.42. The lowest BCUT2D eigenvalue weighted by Crippen LogP contribution is -2.07. The first-order chi connectivity index (χ1) is 7.09. The minimum Gasteiger partial charge on any atom is -0.384 e. The van der Waals surface area contributed by atoms with Crippen LogP contribution in [0.3, 0.4) is 0 Å². The van der Waals surface area contributed by atoms with Crippen LogP contribution >= 0.6 is 15.9 Å². The highest BCUT2D eigenvalue weighted by Gasteiger charge is 2.08. The first-order valence-corrected chi connectivity index (χ1v) is 6.35. The molecule has 2 nitrogen and oxygen atoms in total. The molecule has 0 fully saturated rings. The second kappa shape index (κ2) is 6.11. The highest BCUT2D eigenvalue weighted by atomic mass is 79.9. The molecule has 0 saturated heterocycles. The smallest absolute Gasteiger partial charge is 0.123 e. The highest BCUT2D eigenvalue weighted by Crippen LogP contribution is 2.19. The summed E-state index contributed by atoms with van der Waals surface area (Å²) < 4.78 is 0. The van der Waals surface area contributed by atoms with Gasteiger partial charge in [0.25, 0.3) is 0 Å². The number of aromatic nitrogens is 1. The number of hydrogen-bond donors (Lipinski definition) is 1. The molecule has 1 aromatic rings. The summed E-state index contributed by atoms with van der Waals surface area (Å²) in [7, 11) is 0. The van der Waals surface area contributed by atoms with Crippen LogP contribution in [-0.2, 0) is 6.42 Å². The third-order valence-corrected chi connectivity index (χ3v) is 4.03. The van der Waals surface area contributed by atoms with Crippen molar-refractivity contribution in [1.29, 1.82) is 0 Å². The van der Waals surface area contributed by atoms with Crippen molar-refractivity contribution in [2.24, 2.45) is 5.92 Å². The lowest BCUT2D eigenvalue weighted by atomic mass is 10.0. The van der Waals surface area contributed by atoms with E-state index in [-0.39, 0.29) is 0 Å². The van der Waals surface area contributed by atoms with Gasteiger partial charge in [-0.1, -0.05) is 29.8 Å². The van der Waals surface area contributed by atoms with Crippen molar-refractivity contribution in [1.82, 2.24) is 4.98 Å². The van der Waals surface area contributed by atoms with Crippen LogP contribution in [0, 0.1) is 5.92 Å². The van der Waals surface area contributed by atoms with Crippen LogP contribution in [0.4, 0.5) is 5.82 Å². The Morgan fingerprint density at radius 2 is 2.20 bits per heavy atom. The quantitative estimate of drug-likeness (QED) is 0.833. The van der Waals surface area contributed by atoms with Gasteiger partial charge in [0.05, 0.1) is 0 Å². The molecule has 0 saturated carbocycles. The van der Waals surface area contributed by atoms with E-state index in [1.165, 1.54) is 18.4 Å². The maximum atomic E-state index is 5.62. The zero-order chi connectivity index (χ0) is 11.3. The van der Waals surface area contributed by atoms with Gasteiger partial charge in [-0.2, -0.15) is 0 Å². The molecule has 1 aromatic heterocycles. The van der Waals surface area contributed by atoms with Crippen LogP contribution in [0.5, 0.6) is 0 Å². The summed E-state index contributed by atoms with van der Waals surface area (Å²) in [5, 5.41) is 0. The molecule has 1 atom stereocenters. The normalized spacial score (nSPS) is 13.1. The van der Waals surface area contributed by atoms with Crippen molar-refractivity contribution in [3.63, 3.8) is 0 Å². The average Bonchev–Trinajstić information content (AvgIpc) is 2.17. The second-order valence-electron chi connectivity index (χ2n) is 4.24. The Balaban J connectivity index is 2.32. The molecule has 0 bridgehead atoms. The van der Waals surface area contributed by atoms with Gasteiger partial charge in [0.2, 0.25) is 0 Å². The molecule has 0 aliphatic carbocycles. The summed E-state index contributed by atoms with van der Waals surface area (Å²) in [6, 6.07) is 3.99. The van der Waals surface area contributed by atoms with E-state index < -0.39 is 0 Å². The van der Waals surface area contributed by atoms with Gasteiger partial charge in [0, 0.05) is 11.0 Å². The number of nitrogens with two attached hydrogens (primary N) is 1. The molecule has 0 aromatic carbocycles. The standard InChI is InChI=1S/C12H19BrN2/c1-9(2)11(13)5-3-4-10-6-7-15-12(14)8-10/h6-9,11H,3-5H2,1-2H3,(H2,14,15). The van der Waals surface area contributed by atoms with Gasteiger partial charge in [-0.25, -0.2) is 4.98 Å². The maximum Gasteiger partial charge on any atom is 0.123 e. The molecular formula is C12H19BrN2. The number of alkyl halides is 1. The van der Waals surface area contributed by atoms with E-state index in [0.29, 0.717) is 16.6 Å². The zero-order valence-corrected chi connectivity index (χ0v) is 11.0. The van der Waals surface area contributed by atoms with Gasteiger partial charge in [0.1, 0.15) is 5.82 Å². The van der Waals surface area contributed by atoms with Crippen LogP contribution in [-0.4, -0.2) is 9.81 Å². The van der Waals surface area contributed by atoms with Crippen molar-refractivity contribution < 1.29 is 0 Å². The van der Waals surface area contributed by atoms with Gasteiger partial charge in [-0.3, -0.25) is 0 Å². The fourth-order valence-electron chi connectivity index (χ4n) is 1.48. The summed E-state index contributed by atoms with van der Waals surface area (Å²) in [5.74, 6) is 1.32. The number of aryl methyl sites for hydroxylation is 1. The van der Waals surface area contributed by atoms with Crippen LogP contribution in [0.1, 0.15) is 32.3 Å². The van der Waals surface area contributed by atoms with Gasteiger partial charge >= 0.3 is 0 Å². The summed E-state index contributed by atoms with van der Waals surface area (Å²) in [6.07, 6.45) is 5.26. The van der Waals surface area contributed by atoms with Gasteiger partial charge in [-0.15, -0.1) is 0 Å². The number of pyridine rings is 1. The molecule has 15 heavy (non-hydrogen) atoms. The molecule has 0 amide bonds. The number of anilines is 1. The predicted octanol–water partition coefficient (Wildman–Crippen LogP) is 3.41. The fraction of sp³-hybridized carbons (Fsp3) is 0.583. The van der Waals surface area contributed by atoms with Crippen molar-refractivity contribution in [3.8, 4) is 0 Å². The Bertz CT molecular complexity index is 299. The Labute approximate surface area is 100 Å². The van der Waals surface area contributed by atoms with E-state index >= 15 is 0 Å². The summed E-state index contributed by atoms with van der Waals surface area (Å²) in [6.45, 7) is 4.48. The Morgan fingerprint density at radius 1 is 1.47 bits per heavy atom. The van der Waals surface area contributed by atoms with Gasteiger partial charge in [0.15, 0.2) is 0 Å². The van der Waals surface area contributed by atoms with Crippen molar-refractivity contribution in [2.45, 2.75) is 37.9 Å². The minimum absolute atomic E-state index is 0.617. The molecule has 0 spiro atoms. The molecule has 84 valence electrons. The van der Waals surface area contributed by atoms with Crippen LogP contribution in [0.2, 0.25) is 0 Å². The van der Waals surface area contributed by atoms with Crippen molar-refractivity contribution >= 4 is 21.7 Å². The Hall–Kier alpha value is -0.570. The van der Waals surface area contributed by atoms with Gasteiger partial charge < -0.3 is 5.73 Å². The van der Waals surface area contributed by atoms with E-state index in [2.05, 4.69) is 34.8 Å². The number of nitrogen functional groups attached to an aromatic ring is 1. The summed E-state index contributed by atoms with van der Waals surface area (Å²) in [4.78, 5) is 4.60. The van der Waals surface area contributed by atoms with Crippen LogP contribution in [0.15, 0.2) is 18.3 Å². The van der Waals surface area contributed by atoms with E-state index in [1.807, 2.05) is 12.1 Å². The molecule has 1 heterocycles. The number of rotatable bonds is 5. The summed E-state index contributed by atoms with van der Waals surface area (Å²) >= 11 is 3.69. The topological polar surface area (TPSA) is 38.9 Å². The van der Waals surface area contributed by atoms with E-state index in [9.17, 15) is 0 Å². The molecule has 1 rings (SSSR count). The molecule has 2 N–H and O–H groups in total. The Kier molecular flexibility index (Phi) is 5.09. The van der Waals surface area contributed by atoms with Crippen LogP contribution < -0.4 is 5.73 Å². The minimum atomic E-state index is 0.617. The third kappa shape index (κ3) is 4.65. The van der Waals surface area contributed by atoms with E-state index in [4.69, 9.17) is 5.73 Å². The van der Waals surface area contributed by atoms with E-state index in [1.54, 1.807) is 6.20 Å². The molecule has 0 aliphatic rings.